The summed E-state index contributed by atoms with van der Waals surface area (Å²) in [5.74, 6) is -0.0512. The molecule has 1 aliphatic rings. The van der Waals surface area contributed by atoms with Crippen LogP contribution in [0.15, 0.2) is 42.5 Å². The van der Waals surface area contributed by atoms with Crippen LogP contribution in [-0.2, 0) is 9.59 Å². The number of nitrogens with one attached hydrogen (secondary N) is 1. The van der Waals surface area contributed by atoms with Crippen LogP contribution in [0.3, 0.4) is 0 Å². The maximum atomic E-state index is 13.1. The van der Waals surface area contributed by atoms with Crippen molar-refractivity contribution in [2.45, 2.75) is 26.3 Å². The van der Waals surface area contributed by atoms with Gasteiger partial charge in [0.05, 0.1) is 18.5 Å². The van der Waals surface area contributed by atoms with Gasteiger partial charge in [0.1, 0.15) is 12.3 Å². The third-order valence-corrected chi connectivity index (χ3v) is 5.00. The average molecular weight is 395 g/mol. The van der Waals surface area contributed by atoms with Gasteiger partial charge in [0.2, 0.25) is 11.8 Å². The Labute approximate surface area is 170 Å². The van der Waals surface area contributed by atoms with Crippen LogP contribution < -0.4 is 15.0 Å². The zero-order valence-corrected chi connectivity index (χ0v) is 17.1. The van der Waals surface area contributed by atoms with E-state index in [0.29, 0.717) is 22.7 Å². The standard InChI is InChI=1S/C22H25N3O4/c1-14-9-10-16(12-19(14)29-4)22(28)24(3)13-21(27)25-15(2)11-20(26)23-17-7-5-6-8-18(17)25/h5-10,12,15H,11,13H2,1-4H3,(H,23,26)/t15-/m0/s1. The molecule has 0 bridgehead atoms. The Hall–Kier alpha value is -3.35. The summed E-state index contributed by atoms with van der Waals surface area (Å²) in [6.07, 6.45) is 0.188. The summed E-state index contributed by atoms with van der Waals surface area (Å²) in [6.45, 7) is 3.61. The van der Waals surface area contributed by atoms with Gasteiger partial charge in [-0.05, 0) is 43.7 Å². The molecule has 1 heterocycles. The van der Waals surface area contributed by atoms with E-state index in [-0.39, 0.29) is 36.7 Å². The van der Waals surface area contributed by atoms with Crippen LogP contribution in [0.1, 0.15) is 29.3 Å². The summed E-state index contributed by atoms with van der Waals surface area (Å²) in [5, 5.41) is 2.83. The molecule has 152 valence electrons. The maximum Gasteiger partial charge on any atom is 0.254 e. The largest absolute Gasteiger partial charge is 0.496 e. The van der Waals surface area contributed by atoms with Gasteiger partial charge < -0.3 is 19.9 Å². The first-order chi connectivity index (χ1) is 13.8. The van der Waals surface area contributed by atoms with Crippen molar-refractivity contribution in [1.82, 2.24) is 4.90 Å². The van der Waals surface area contributed by atoms with Crippen LogP contribution >= 0.6 is 0 Å². The molecule has 0 spiro atoms. The number of hydrogen-bond donors (Lipinski definition) is 1. The summed E-state index contributed by atoms with van der Waals surface area (Å²) < 4.78 is 5.28. The number of rotatable bonds is 4. The Balaban J connectivity index is 1.82. The molecular formula is C22H25N3O4. The molecule has 1 aliphatic heterocycles. The summed E-state index contributed by atoms with van der Waals surface area (Å²) in [6, 6.07) is 12.1. The lowest BCUT2D eigenvalue weighted by molar-refractivity contribution is -0.119. The van der Waals surface area contributed by atoms with Gasteiger partial charge in [0, 0.05) is 25.1 Å². The summed E-state index contributed by atoms with van der Waals surface area (Å²) in [4.78, 5) is 41.0. The molecule has 0 aliphatic carbocycles. The zero-order valence-electron chi connectivity index (χ0n) is 17.1. The highest BCUT2D eigenvalue weighted by molar-refractivity contribution is 6.06. The lowest BCUT2D eigenvalue weighted by atomic mass is 10.1. The van der Waals surface area contributed by atoms with E-state index in [9.17, 15) is 14.4 Å². The number of likely N-dealkylation sites (N-methyl/N-ethyl adjacent to an activating group) is 1. The number of ether oxygens (including phenoxy) is 1. The highest BCUT2D eigenvalue weighted by Gasteiger charge is 2.30. The number of anilines is 2. The van der Waals surface area contributed by atoms with Gasteiger partial charge >= 0.3 is 0 Å². The lowest BCUT2D eigenvalue weighted by Gasteiger charge is -2.29. The van der Waals surface area contributed by atoms with Gasteiger partial charge in [0.25, 0.3) is 5.91 Å². The number of hydrogen-bond acceptors (Lipinski definition) is 4. The lowest BCUT2D eigenvalue weighted by Crippen LogP contribution is -2.45. The predicted octanol–water partition coefficient (Wildman–Crippen LogP) is 2.84. The van der Waals surface area contributed by atoms with Gasteiger partial charge in [-0.15, -0.1) is 0 Å². The van der Waals surface area contributed by atoms with E-state index in [0.717, 1.165) is 5.56 Å². The van der Waals surface area contributed by atoms with Crippen LogP contribution in [0.2, 0.25) is 0 Å². The van der Waals surface area contributed by atoms with Crippen molar-refractivity contribution in [3.8, 4) is 5.75 Å². The monoisotopic (exact) mass is 395 g/mol. The molecular weight excluding hydrogens is 370 g/mol. The smallest absolute Gasteiger partial charge is 0.254 e. The third kappa shape index (κ3) is 4.23. The van der Waals surface area contributed by atoms with Crippen molar-refractivity contribution in [3.05, 3.63) is 53.6 Å². The molecule has 0 radical (unpaired) electrons. The Kier molecular flexibility index (Phi) is 5.87. The van der Waals surface area contributed by atoms with Gasteiger partial charge in [0.15, 0.2) is 0 Å². The Morgan fingerprint density at radius 3 is 2.69 bits per heavy atom. The van der Waals surface area contributed by atoms with Gasteiger partial charge in [-0.2, -0.15) is 0 Å². The quantitative estimate of drug-likeness (QED) is 0.863. The number of carbonyl (C=O) groups is 3. The summed E-state index contributed by atoms with van der Waals surface area (Å²) in [7, 11) is 3.14. The van der Waals surface area contributed by atoms with Crippen molar-refractivity contribution in [3.63, 3.8) is 0 Å². The molecule has 1 atom stereocenters. The van der Waals surface area contributed by atoms with Crippen molar-refractivity contribution < 1.29 is 19.1 Å². The van der Waals surface area contributed by atoms with Crippen molar-refractivity contribution in [2.24, 2.45) is 0 Å². The number of methoxy groups -OCH3 is 1. The van der Waals surface area contributed by atoms with E-state index in [4.69, 9.17) is 4.74 Å². The number of fused-ring (bicyclic) bond motifs is 1. The Morgan fingerprint density at radius 1 is 1.24 bits per heavy atom. The fourth-order valence-corrected chi connectivity index (χ4v) is 3.49. The molecule has 7 nitrogen and oxygen atoms in total. The second-order valence-corrected chi connectivity index (χ2v) is 7.23. The topological polar surface area (TPSA) is 79.0 Å². The van der Waals surface area contributed by atoms with Crippen molar-refractivity contribution in [2.75, 3.05) is 30.9 Å². The minimum atomic E-state index is -0.325. The maximum absolute atomic E-state index is 13.1. The van der Waals surface area contributed by atoms with Crippen LogP contribution in [0.25, 0.3) is 0 Å². The number of carbonyl (C=O) groups excluding carboxylic acids is 3. The number of aryl methyl sites for hydroxylation is 1. The van der Waals surface area contributed by atoms with Crippen molar-refractivity contribution >= 4 is 29.1 Å². The number of benzene rings is 2. The minimum absolute atomic E-state index is 0.109. The minimum Gasteiger partial charge on any atom is -0.496 e. The fourth-order valence-electron chi connectivity index (χ4n) is 3.49. The average Bonchev–Trinajstić information content (AvgIpc) is 2.81. The molecule has 0 saturated carbocycles. The number of nitrogens with zero attached hydrogens (tertiary/aromatic N) is 2. The van der Waals surface area contributed by atoms with E-state index in [2.05, 4.69) is 5.32 Å². The molecule has 0 aromatic heterocycles. The van der Waals surface area contributed by atoms with E-state index in [1.165, 1.54) is 4.90 Å². The first-order valence-electron chi connectivity index (χ1n) is 9.43. The molecule has 2 aromatic carbocycles. The summed E-state index contributed by atoms with van der Waals surface area (Å²) in [5.41, 5.74) is 2.60. The Morgan fingerprint density at radius 2 is 1.97 bits per heavy atom. The number of amides is 3. The molecule has 0 saturated heterocycles. The van der Waals surface area contributed by atoms with Gasteiger partial charge in [-0.3, -0.25) is 14.4 Å². The van der Waals surface area contributed by atoms with Crippen LogP contribution in [0.4, 0.5) is 11.4 Å². The van der Waals surface area contributed by atoms with Gasteiger partial charge in [-0.1, -0.05) is 18.2 Å². The molecule has 2 aromatic rings. The van der Waals surface area contributed by atoms with E-state index in [1.54, 1.807) is 49.4 Å². The van der Waals surface area contributed by atoms with E-state index < -0.39 is 0 Å². The SMILES string of the molecule is COc1cc(C(=O)N(C)CC(=O)N2c3ccccc3NC(=O)C[C@@H]2C)ccc1C. The normalized spacial score (nSPS) is 15.8. The summed E-state index contributed by atoms with van der Waals surface area (Å²) >= 11 is 0. The molecule has 29 heavy (non-hydrogen) atoms. The first-order valence-corrected chi connectivity index (χ1v) is 9.43. The van der Waals surface area contributed by atoms with Crippen LogP contribution in [0, 0.1) is 6.92 Å². The predicted molar refractivity (Wildman–Crippen MR) is 111 cm³/mol. The second-order valence-electron chi connectivity index (χ2n) is 7.23. The molecule has 0 fully saturated rings. The van der Waals surface area contributed by atoms with E-state index in [1.807, 2.05) is 26.0 Å². The Bertz CT molecular complexity index is 957. The molecule has 1 N–H and O–H groups in total. The molecule has 7 heteroatoms. The highest BCUT2D eigenvalue weighted by Crippen LogP contribution is 2.31. The molecule has 0 unspecified atom stereocenters. The fraction of sp³-hybridized carbons (Fsp3) is 0.318. The van der Waals surface area contributed by atoms with Gasteiger partial charge in [-0.25, -0.2) is 0 Å². The zero-order chi connectivity index (χ0) is 21.1. The third-order valence-electron chi connectivity index (χ3n) is 5.00. The van der Waals surface area contributed by atoms with Crippen molar-refractivity contribution in [1.29, 1.82) is 0 Å². The molecule has 3 rings (SSSR count). The van der Waals surface area contributed by atoms with Crippen LogP contribution in [-0.4, -0.2) is 49.4 Å². The number of para-hydroxylation sites is 2. The van der Waals surface area contributed by atoms with E-state index >= 15 is 0 Å². The highest BCUT2D eigenvalue weighted by atomic mass is 16.5. The van der Waals surface area contributed by atoms with Crippen LogP contribution in [0.5, 0.6) is 5.75 Å². The molecule has 3 amide bonds. The first kappa shape index (κ1) is 20.4. The second kappa shape index (κ2) is 8.34.